The minimum Gasteiger partial charge on any atom is -0.496 e. The molecule has 0 radical (unpaired) electrons. The lowest BCUT2D eigenvalue weighted by atomic mass is 10.1. The van der Waals surface area contributed by atoms with Gasteiger partial charge in [0.1, 0.15) is 18.1 Å². The number of rotatable bonds is 4. The van der Waals surface area contributed by atoms with Gasteiger partial charge in [-0.2, -0.15) is 0 Å². The van der Waals surface area contributed by atoms with Gasteiger partial charge in [-0.25, -0.2) is 0 Å². The molecule has 0 saturated carbocycles. The Balaban J connectivity index is 2.25. The largest absolute Gasteiger partial charge is 0.496 e. The zero-order valence-electron chi connectivity index (χ0n) is 12.7. The number of nitrogens with two attached hydrogens (primary N) is 1. The van der Waals surface area contributed by atoms with E-state index >= 15 is 0 Å². The van der Waals surface area contributed by atoms with Gasteiger partial charge in [-0.3, -0.25) is 4.98 Å². The van der Waals surface area contributed by atoms with Crippen LogP contribution in [-0.2, 0) is 6.61 Å². The van der Waals surface area contributed by atoms with Gasteiger partial charge in [-0.05, 0) is 38.5 Å². The van der Waals surface area contributed by atoms with E-state index in [2.05, 4.69) is 20.9 Å². The highest BCUT2D eigenvalue weighted by Gasteiger charge is 2.12. The molecule has 0 aliphatic rings. The van der Waals surface area contributed by atoms with E-state index < -0.39 is 0 Å². The van der Waals surface area contributed by atoms with Crippen molar-refractivity contribution in [3.8, 4) is 11.5 Å². The fourth-order valence-electron chi connectivity index (χ4n) is 2.31. The Labute approximate surface area is 133 Å². The van der Waals surface area contributed by atoms with Crippen molar-refractivity contribution in [1.82, 2.24) is 4.98 Å². The second-order valence-corrected chi connectivity index (χ2v) is 5.89. The summed E-state index contributed by atoms with van der Waals surface area (Å²) < 4.78 is 12.2. The van der Waals surface area contributed by atoms with Crippen LogP contribution in [0, 0.1) is 20.8 Å². The first kappa shape index (κ1) is 15.6. The number of aromatic nitrogens is 1. The van der Waals surface area contributed by atoms with Crippen LogP contribution in [0.5, 0.6) is 11.5 Å². The van der Waals surface area contributed by atoms with E-state index in [0.29, 0.717) is 18.0 Å². The molecule has 2 aromatic rings. The summed E-state index contributed by atoms with van der Waals surface area (Å²) in [6.45, 7) is 6.28. The third-order valence-electron chi connectivity index (χ3n) is 3.37. The van der Waals surface area contributed by atoms with Crippen LogP contribution in [0.1, 0.15) is 22.4 Å². The van der Waals surface area contributed by atoms with Crippen LogP contribution >= 0.6 is 15.9 Å². The van der Waals surface area contributed by atoms with Crippen LogP contribution in [0.2, 0.25) is 0 Å². The zero-order chi connectivity index (χ0) is 15.6. The predicted molar refractivity (Wildman–Crippen MR) is 87.9 cm³/mol. The molecule has 0 unspecified atom stereocenters. The summed E-state index contributed by atoms with van der Waals surface area (Å²) in [4.78, 5) is 4.42. The highest BCUT2D eigenvalue weighted by Crippen LogP contribution is 2.31. The highest BCUT2D eigenvalue weighted by molar-refractivity contribution is 9.10. The van der Waals surface area contributed by atoms with Gasteiger partial charge in [0.05, 0.1) is 18.5 Å². The molecule has 0 fully saturated rings. The van der Waals surface area contributed by atoms with Gasteiger partial charge in [-0.15, -0.1) is 0 Å². The topological polar surface area (TPSA) is 57.4 Å². The summed E-state index contributed by atoms with van der Waals surface area (Å²) in [5.41, 5.74) is 10.4. The Morgan fingerprint density at radius 3 is 2.48 bits per heavy atom. The maximum atomic E-state index is 6.00. The number of benzene rings is 1. The summed E-state index contributed by atoms with van der Waals surface area (Å²) in [6, 6.07) is 3.81. The van der Waals surface area contributed by atoms with E-state index in [1.54, 1.807) is 13.3 Å². The number of nitrogens with zero attached hydrogens (tertiary/aromatic N) is 1. The Kier molecular flexibility index (Phi) is 4.73. The lowest BCUT2D eigenvalue weighted by molar-refractivity contribution is 0.298. The van der Waals surface area contributed by atoms with E-state index in [1.165, 1.54) is 0 Å². The van der Waals surface area contributed by atoms with Crippen molar-refractivity contribution in [3.05, 3.63) is 45.2 Å². The van der Waals surface area contributed by atoms with Gasteiger partial charge in [0.25, 0.3) is 0 Å². The molecule has 0 bridgehead atoms. The first-order valence-corrected chi connectivity index (χ1v) is 7.40. The summed E-state index contributed by atoms with van der Waals surface area (Å²) in [5, 5.41) is 0. The lowest BCUT2D eigenvalue weighted by Gasteiger charge is -2.15. The van der Waals surface area contributed by atoms with Crippen LogP contribution in [0.4, 0.5) is 5.69 Å². The fourth-order valence-corrected chi connectivity index (χ4v) is 2.90. The third-order valence-corrected chi connectivity index (χ3v) is 3.83. The van der Waals surface area contributed by atoms with Crippen molar-refractivity contribution >= 4 is 21.6 Å². The molecule has 2 rings (SSSR count). The lowest BCUT2D eigenvalue weighted by Crippen LogP contribution is -2.06. The number of anilines is 1. The molecule has 4 nitrogen and oxygen atoms in total. The van der Waals surface area contributed by atoms with Gasteiger partial charge in [0.15, 0.2) is 0 Å². The normalized spacial score (nSPS) is 10.5. The average molecular weight is 351 g/mol. The van der Waals surface area contributed by atoms with Gasteiger partial charge >= 0.3 is 0 Å². The standard InChI is InChI=1S/C16H19BrN2O2/c1-9-5-12(17)6-13(18)16(9)21-8-14-11(3)15(20-4)10(2)7-19-14/h5-7H,8,18H2,1-4H3. The van der Waals surface area contributed by atoms with Crippen LogP contribution in [0.25, 0.3) is 0 Å². The summed E-state index contributed by atoms with van der Waals surface area (Å²) >= 11 is 3.42. The van der Waals surface area contributed by atoms with Crippen molar-refractivity contribution in [1.29, 1.82) is 0 Å². The number of hydrogen-bond donors (Lipinski definition) is 1. The second kappa shape index (κ2) is 6.35. The molecule has 112 valence electrons. The number of hydrogen-bond acceptors (Lipinski definition) is 4. The van der Waals surface area contributed by atoms with Crippen LogP contribution < -0.4 is 15.2 Å². The molecule has 1 aromatic carbocycles. The molecule has 0 spiro atoms. The molecule has 0 atom stereocenters. The van der Waals surface area contributed by atoms with Crippen molar-refractivity contribution < 1.29 is 9.47 Å². The summed E-state index contributed by atoms with van der Waals surface area (Å²) in [6.07, 6.45) is 1.79. The highest BCUT2D eigenvalue weighted by atomic mass is 79.9. The van der Waals surface area contributed by atoms with Crippen molar-refractivity contribution in [2.75, 3.05) is 12.8 Å². The molecule has 2 N–H and O–H groups in total. The Bertz CT molecular complexity index is 649. The number of pyridine rings is 1. The second-order valence-electron chi connectivity index (χ2n) is 4.98. The zero-order valence-corrected chi connectivity index (χ0v) is 14.2. The molecular weight excluding hydrogens is 332 g/mol. The smallest absolute Gasteiger partial charge is 0.145 e. The van der Waals surface area contributed by atoms with Crippen LogP contribution in [0.3, 0.4) is 0 Å². The molecule has 0 saturated heterocycles. The predicted octanol–water partition coefficient (Wildman–Crippen LogP) is 3.94. The van der Waals surface area contributed by atoms with E-state index in [0.717, 1.165) is 32.6 Å². The number of halogens is 1. The van der Waals surface area contributed by atoms with Gasteiger partial charge < -0.3 is 15.2 Å². The number of nitrogen functional groups attached to an aromatic ring is 1. The summed E-state index contributed by atoms with van der Waals surface area (Å²) in [5.74, 6) is 1.54. The van der Waals surface area contributed by atoms with Gasteiger partial charge in [0, 0.05) is 21.8 Å². The minimum atomic E-state index is 0.356. The number of methoxy groups -OCH3 is 1. The van der Waals surface area contributed by atoms with E-state index in [9.17, 15) is 0 Å². The Morgan fingerprint density at radius 2 is 1.86 bits per heavy atom. The quantitative estimate of drug-likeness (QED) is 0.848. The molecule has 0 amide bonds. The molecule has 0 aliphatic carbocycles. The Hall–Kier alpha value is -1.75. The van der Waals surface area contributed by atoms with E-state index in [1.807, 2.05) is 32.9 Å². The first-order chi connectivity index (χ1) is 9.93. The summed E-state index contributed by atoms with van der Waals surface area (Å²) in [7, 11) is 1.66. The Morgan fingerprint density at radius 1 is 1.14 bits per heavy atom. The maximum Gasteiger partial charge on any atom is 0.145 e. The maximum absolute atomic E-state index is 6.00. The van der Waals surface area contributed by atoms with E-state index in [4.69, 9.17) is 15.2 Å². The van der Waals surface area contributed by atoms with Crippen LogP contribution in [0.15, 0.2) is 22.8 Å². The monoisotopic (exact) mass is 350 g/mol. The molecular formula is C16H19BrN2O2. The molecule has 21 heavy (non-hydrogen) atoms. The van der Waals surface area contributed by atoms with Gasteiger partial charge in [0.2, 0.25) is 0 Å². The molecule has 1 heterocycles. The van der Waals surface area contributed by atoms with Gasteiger partial charge in [-0.1, -0.05) is 15.9 Å². The third kappa shape index (κ3) is 3.29. The fraction of sp³-hybridized carbons (Fsp3) is 0.312. The molecule has 1 aromatic heterocycles. The van der Waals surface area contributed by atoms with Crippen molar-refractivity contribution in [3.63, 3.8) is 0 Å². The van der Waals surface area contributed by atoms with Crippen LogP contribution in [-0.4, -0.2) is 12.1 Å². The SMILES string of the molecule is COc1c(C)cnc(COc2c(C)cc(Br)cc2N)c1C. The number of aryl methyl sites for hydroxylation is 2. The average Bonchev–Trinajstić information content (AvgIpc) is 2.40. The number of ether oxygens (including phenoxy) is 2. The van der Waals surface area contributed by atoms with E-state index in [-0.39, 0.29) is 0 Å². The van der Waals surface area contributed by atoms with Crippen molar-refractivity contribution in [2.45, 2.75) is 27.4 Å². The van der Waals surface area contributed by atoms with Crippen molar-refractivity contribution in [2.24, 2.45) is 0 Å². The molecule has 0 aliphatic heterocycles. The minimum absolute atomic E-state index is 0.356. The molecule has 5 heteroatoms. The first-order valence-electron chi connectivity index (χ1n) is 6.61.